The maximum Gasteiger partial charge on any atom is 0.238 e. The van der Waals surface area contributed by atoms with Gasteiger partial charge in [0.2, 0.25) is 10.0 Å². The van der Waals surface area contributed by atoms with E-state index in [1.54, 1.807) is 0 Å². The second-order valence-corrected chi connectivity index (χ2v) is 8.92. The van der Waals surface area contributed by atoms with Crippen LogP contribution in [0.3, 0.4) is 0 Å². The van der Waals surface area contributed by atoms with Gasteiger partial charge in [0.05, 0.1) is 12.4 Å². The monoisotopic (exact) mass is 339 g/mol. The van der Waals surface area contributed by atoms with Gasteiger partial charge in [-0.3, -0.25) is 4.31 Å². The Balaban J connectivity index is 2.00. The SMILES string of the molecule is Cc1c(N(CCC2CC2)S(=O)(=O)CCO)sc2ccccc12. The highest BCUT2D eigenvalue weighted by Gasteiger charge is 2.29. The molecule has 1 fully saturated rings. The molecule has 0 saturated heterocycles. The molecule has 0 unspecified atom stereocenters. The molecule has 1 aliphatic rings. The number of hydrogen-bond donors (Lipinski definition) is 1. The van der Waals surface area contributed by atoms with Gasteiger partial charge in [-0.2, -0.15) is 0 Å². The van der Waals surface area contributed by atoms with Crippen molar-refractivity contribution in [3.63, 3.8) is 0 Å². The zero-order valence-electron chi connectivity index (χ0n) is 12.7. The van der Waals surface area contributed by atoms with Gasteiger partial charge in [0.1, 0.15) is 5.00 Å². The number of thiophene rings is 1. The Kier molecular flexibility index (Phi) is 4.43. The van der Waals surface area contributed by atoms with Crippen molar-refractivity contribution in [3.05, 3.63) is 29.8 Å². The Morgan fingerprint density at radius 1 is 1.32 bits per heavy atom. The van der Waals surface area contributed by atoms with Gasteiger partial charge in [-0.25, -0.2) is 8.42 Å². The molecule has 0 atom stereocenters. The molecule has 2 aromatic rings. The third kappa shape index (κ3) is 3.14. The quantitative estimate of drug-likeness (QED) is 0.843. The van der Waals surface area contributed by atoms with Crippen LogP contribution in [0, 0.1) is 12.8 Å². The summed E-state index contributed by atoms with van der Waals surface area (Å²) in [6.07, 6.45) is 3.32. The topological polar surface area (TPSA) is 57.6 Å². The molecule has 6 heteroatoms. The fourth-order valence-electron chi connectivity index (χ4n) is 2.70. The molecule has 1 aromatic heterocycles. The molecule has 22 heavy (non-hydrogen) atoms. The van der Waals surface area contributed by atoms with Gasteiger partial charge >= 0.3 is 0 Å². The van der Waals surface area contributed by atoms with E-state index in [0.717, 1.165) is 27.1 Å². The van der Waals surface area contributed by atoms with Crippen molar-refractivity contribution >= 4 is 36.4 Å². The molecule has 4 nitrogen and oxygen atoms in total. The van der Waals surface area contributed by atoms with Crippen molar-refractivity contribution in [2.24, 2.45) is 5.92 Å². The highest BCUT2D eigenvalue weighted by atomic mass is 32.2. The average Bonchev–Trinajstić information content (AvgIpc) is 3.24. The van der Waals surface area contributed by atoms with Crippen molar-refractivity contribution < 1.29 is 13.5 Å². The van der Waals surface area contributed by atoms with Crippen molar-refractivity contribution in [1.82, 2.24) is 0 Å². The summed E-state index contributed by atoms with van der Waals surface area (Å²) >= 11 is 1.52. The van der Waals surface area contributed by atoms with E-state index >= 15 is 0 Å². The number of sulfonamides is 1. The molecule has 0 radical (unpaired) electrons. The van der Waals surface area contributed by atoms with Crippen molar-refractivity contribution in [1.29, 1.82) is 0 Å². The number of aryl methyl sites for hydroxylation is 1. The fraction of sp³-hybridized carbons (Fsp3) is 0.500. The highest BCUT2D eigenvalue weighted by molar-refractivity contribution is 7.93. The smallest absolute Gasteiger partial charge is 0.238 e. The molecule has 120 valence electrons. The van der Waals surface area contributed by atoms with Crippen LogP contribution in [0.15, 0.2) is 24.3 Å². The van der Waals surface area contributed by atoms with E-state index in [2.05, 4.69) is 0 Å². The van der Waals surface area contributed by atoms with Crippen LogP contribution in [-0.2, 0) is 10.0 Å². The average molecular weight is 339 g/mol. The van der Waals surface area contributed by atoms with E-state index in [9.17, 15) is 8.42 Å². The summed E-state index contributed by atoms with van der Waals surface area (Å²) in [6.45, 7) is 2.15. The number of anilines is 1. The standard InChI is InChI=1S/C16H21NO3S2/c1-12-14-4-2-3-5-15(14)21-16(12)17(9-8-13-6-7-13)22(19,20)11-10-18/h2-5,13,18H,6-11H2,1H3. The minimum atomic E-state index is -3.47. The molecule has 0 spiro atoms. The molecule has 1 aliphatic carbocycles. The van der Waals surface area contributed by atoms with Gasteiger partial charge in [0, 0.05) is 11.2 Å². The first-order valence-corrected chi connectivity index (χ1v) is 10.0. The van der Waals surface area contributed by atoms with Crippen LogP contribution in [0.25, 0.3) is 10.1 Å². The zero-order valence-corrected chi connectivity index (χ0v) is 14.3. The van der Waals surface area contributed by atoms with Crippen LogP contribution in [0.4, 0.5) is 5.00 Å². The van der Waals surface area contributed by atoms with E-state index in [4.69, 9.17) is 5.11 Å². The van der Waals surface area contributed by atoms with Crippen molar-refractivity contribution in [2.45, 2.75) is 26.2 Å². The zero-order chi connectivity index (χ0) is 15.7. The summed E-state index contributed by atoms with van der Waals surface area (Å²) in [4.78, 5) is 0. The van der Waals surface area contributed by atoms with Crippen LogP contribution in [0.2, 0.25) is 0 Å². The first-order chi connectivity index (χ1) is 10.5. The summed E-state index contributed by atoms with van der Waals surface area (Å²) in [5, 5.41) is 11.0. The van der Waals surface area contributed by atoms with Gasteiger partial charge in [0.25, 0.3) is 0 Å². The molecule has 1 saturated carbocycles. The summed E-state index contributed by atoms with van der Waals surface area (Å²) < 4.78 is 27.8. The fourth-order valence-corrected chi connectivity index (χ4v) is 5.52. The number of fused-ring (bicyclic) bond motifs is 1. The number of rotatable bonds is 7. The molecule has 0 bridgehead atoms. The van der Waals surface area contributed by atoms with Gasteiger partial charge in [-0.1, -0.05) is 31.0 Å². The van der Waals surface area contributed by atoms with Crippen LogP contribution >= 0.6 is 11.3 Å². The van der Waals surface area contributed by atoms with E-state index in [1.807, 2.05) is 31.2 Å². The molecule has 1 aromatic carbocycles. The predicted molar refractivity (Wildman–Crippen MR) is 92.1 cm³/mol. The van der Waals surface area contributed by atoms with E-state index < -0.39 is 10.0 Å². The molecule has 0 aliphatic heterocycles. The number of benzene rings is 1. The van der Waals surface area contributed by atoms with Crippen LogP contribution < -0.4 is 4.31 Å². The molecule has 0 amide bonds. The Morgan fingerprint density at radius 3 is 2.68 bits per heavy atom. The van der Waals surface area contributed by atoms with Crippen LogP contribution in [0.5, 0.6) is 0 Å². The molecular weight excluding hydrogens is 318 g/mol. The second kappa shape index (κ2) is 6.18. The lowest BCUT2D eigenvalue weighted by atomic mass is 10.2. The van der Waals surface area contributed by atoms with Gasteiger partial charge in [0.15, 0.2) is 0 Å². The maximum atomic E-state index is 12.6. The highest BCUT2D eigenvalue weighted by Crippen LogP contribution is 2.40. The summed E-state index contributed by atoms with van der Waals surface area (Å²) in [6, 6.07) is 8.00. The number of nitrogens with zero attached hydrogens (tertiary/aromatic N) is 1. The Hall–Kier alpha value is -1.11. The van der Waals surface area contributed by atoms with Gasteiger partial charge in [-0.05, 0) is 36.3 Å². The molecule has 3 rings (SSSR count). The Morgan fingerprint density at radius 2 is 2.05 bits per heavy atom. The predicted octanol–water partition coefficient (Wildman–Crippen LogP) is 3.14. The van der Waals surface area contributed by atoms with E-state index in [1.165, 1.54) is 28.5 Å². The number of aliphatic hydroxyl groups is 1. The van der Waals surface area contributed by atoms with E-state index in [0.29, 0.717) is 12.5 Å². The maximum absolute atomic E-state index is 12.6. The first kappa shape index (κ1) is 15.8. The minimum absolute atomic E-state index is 0.217. The van der Waals surface area contributed by atoms with Crippen molar-refractivity contribution in [3.8, 4) is 0 Å². The Labute approximate surface area is 135 Å². The lowest BCUT2D eigenvalue weighted by molar-refractivity contribution is 0.319. The first-order valence-electron chi connectivity index (χ1n) is 7.62. The normalized spacial score (nSPS) is 15.4. The second-order valence-electron chi connectivity index (χ2n) is 5.87. The van der Waals surface area contributed by atoms with Crippen molar-refractivity contribution in [2.75, 3.05) is 23.2 Å². The van der Waals surface area contributed by atoms with E-state index in [-0.39, 0.29) is 12.4 Å². The summed E-state index contributed by atoms with van der Waals surface area (Å²) in [5.74, 6) is 0.451. The van der Waals surface area contributed by atoms with Gasteiger partial charge < -0.3 is 5.11 Å². The minimum Gasteiger partial charge on any atom is -0.395 e. The van der Waals surface area contributed by atoms with Crippen LogP contribution in [0.1, 0.15) is 24.8 Å². The largest absolute Gasteiger partial charge is 0.395 e. The molecule has 1 N–H and O–H groups in total. The number of hydrogen-bond acceptors (Lipinski definition) is 4. The van der Waals surface area contributed by atoms with Crippen LogP contribution in [-0.4, -0.2) is 32.4 Å². The third-order valence-electron chi connectivity index (χ3n) is 4.17. The van der Waals surface area contributed by atoms with Gasteiger partial charge in [-0.15, -0.1) is 11.3 Å². The lowest BCUT2D eigenvalue weighted by Gasteiger charge is -2.23. The lowest BCUT2D eigenvalue weighted by Crippen LogP contribution is -2.35. The summed E-state index contributed by atoms with van der Waals surface area (Å²) in [5.41, 5.74) is 1.01. The number of aliphatic hydroxyl groups excluding tert-OH is 1. The Bertz CT molecular complexity index is 763. The summed E-state index contributed by atoms with van der Waals surface area (Å²) in [7, 11) is -3.47. The molecule has 1 heterocycles. The molecular formula is C16H21NO3S2. The third-order valence-corrected chi connectivity index (χ3v) is 7.31.